The van der Waals surface area contributed by atoms with E-state index < -0.39 is 21.7 Å². The maximum atomic E-state index is 12.8. The number of hydrogen-bond acceptors (Lipinski definition) is 6. The van der Waals surface area contributed by atoms with Crippen molar-refractivity contribution in [3.8, 4) is 16.9 Å². The molecule has 0 spiro atoms. The van der Waals surface area contributed by atoms with Gasteiger partial charge in [0.15, 0.2) is 0 Å². The summed E-state index contributed by atoms with van der Waals surface area (Å²) in [7, 11) is -1.76. The zero-order valence-electron chi connectivity index (χ0n) is 24.4. The van der Waals surface area contributed by atoms with E-state index in [9.17, 15) is 18.0 Å². The Morgan fingerprint density at radius 2 is 1.52 bits per heavy atom. The first-order valence-corrected chi connectivity index (χ1v) is 14.9. The number of methoxy groups -OCH3 is 1. The van der Waals surface area contributed by atoms with Gasteiger partial charge in [-0.25, -0.2) is 13.2 Å². The van der Waals surface area contributed by atoms with Crippen molar-refractivity contribution in [1.82, 2.24) is 5.32 Å². The van der Waals surface area contributed by atoms with Gasteiger partial charge in [-0.1, -0.05) is 39.0 Å². The largest absolute Gasteiger partial charge is 0.496 e. The third-order valence-electron chi connectivity index (χ3n) is 5.86. The number of sulfonamides is 1. The first kappa shape index (κ1) is 30.7. The topological polar surface area (TPSA) is 123 Å². The van der Waals surface area contributed by atoms with Crippen molar-refractivity contribution >= 4 is 44.2 Å². The summed E-state index contributed by atoms with van der Waals surface area (Å²) in [5.74, 6) is 0.447. The molecule has 3 aromatic carbocycles. The lowest BCUT2D eigenvalue weighted by atomic mass is 9.83. The summed E-state index contributed by atoms with van der Waals surface area (Å²) in [5, 5.41) is 7.34. The molecule has 0 heterocycles. The van der Waals surface area contributed by atoms with Crippen molar-refractivity contribution in [2.24, 2.45) is 0 Å². The Kier molecular flexibility index (Phi) is 9.04. The quantitative estimate of drug-likeness (QED) is 0.304. The summed E-state index contributed by atoms with van der Waals surface area (Å²) in [4.78, 5) is 24.7. The van der Waals surface area contributed by atoms with Gasteiger partial charge in [0.1, 0.15) is 11.4 Å². The molecule has 0 aliphatic carbocycles. The van der Waals surface area contributed by atoms with Gasteiger partial charge in [-0.05, 0) is 72.9 Å². The van der Waals surface area contributed by atoms with Crippen LogP contribution in [-0.4, -0.2) is 45.9 Å². The molecular weight excluding hydrogens is 530 g/mol. The summed E-state index contributed by atoms with van der Waals surface area (Å²) >= 11 is 0. The molecule has 40 heavy (non-hydrogen) atoms. The number of anilines is 2. The fraction of sp³-hybridized carbons (Fsp3) is 0.400. The second kappa shape index (κ2) is 11.8. The van der Waals surface area contributed by atoms with Gasteiger partial charge in [-0.15, -0.1) is 0 Å². The van der Waals surface area contributed by atoms with Crippen LogP contribution in [0.2, 0.25) is 0 Å². The van der Waals surface area contributed by atoms with Crippen LogP contribution in [0.1, 0.15) is 53.5 Å². The Hall–Kier alpha value is -3.79. The third kappa shape index (κ3) is 8.61. The third-order valence-corrected chi connectivity index (χ3v) is 6.47. The van der Waals surface area contributed by atoms with E-state index >= 15 is 0 Å². The zero-order valence-corrected chi connectivity index (χ0v) is 25.2. The highest BCUT2D eigenvalue weighted by atomic mass is 32.2. The molecule has 0 radical (unpaired) electrons. The highest BCUT2D eigenvalue weighted by molar-refractivity contribution is 7.92. The molecule has 2 amide bonds. The Morgan fingerprint density at radius 3 is 2.12 bits per heavy atom. The average molecular weight is 570 g/mol. The van der Waals surface area contributed by atoms with E-state index in [0.29, 0.717) is 17.1 Å². The van der Waals surface area contributed by atoms with Crippen LogP contribution in [-0.2, 0) is 25.0 Å². The van der Waals surface area contributed by atoms with Crippen molar-refractivity contribution < 1.29 is 27.5 Å². The number of fused-ring (bicyclic) bond motifs is 1. The zero-order chi connectivity index (χ0) is 29.9. The lowest BCUT2D eigenvalue weighted by Gasteiger charge is -2.25. The van der Waals surface area contributed by atoms with Crippen molar-refractivity contribution in [2.45, 2.75) is 59.0 Å². The standard InChI is InChI=1S/C30H39N3O6S/c1-29(2,3)25-18-23(32-26(34)13-14-31-28(35)39-30(4,5)6)17-24(27(25)38-7)21-10-9-20-16-22(33-40(8,36)37)12-11-19(20)15-21/h9-12,15-18,33H,13-14H2,1-8H3,(H,31,35)(H,32,34). The van der Waals surface area contributed by atoms with E-state index in [-0.39, 0.29) is 24.3 Å². The minimum atomic E-state index is -3.39. The van der Waals surface area contributed by atoms with Crippen molar-refractivity contribution in [3.63, 3.8) is 0 Å². The van der Waals surface area contributed by atoms with Gasteiger partial charge in [-0.2, -0.15) is 0 Å². The molecule has 0 bridgehead atoms. The monoisotopic (exact) mass is 569 g/mol. The smallest absolute Gasteiger partial charge is 0.407 e. The van der Waals surface area contributed by atoms with Gasteiger partial charge < -0.3 is 20.1 Å². The van der Waals surface area contributed by atoms with Gasteiger partial charge in [-0.3, -0.25) is 9.52 Å². The molecular formula is C30H39N3O6S. The Labute approximate surface area is 236 Å². The maximum Gasteiger partial charge on any atom is 0.407 e. The second-order valence-electron chi connectivity index (χ2n) is 11.7. The van der Waals surface area contributed by atoms with Crippen LogP contribution in [0.4, 0.5) is 16.2 Å². The molecule has 0 aliphatic rings. The lowest BCUT2D eigenvalue weighted by molar-refractivity contribution is -0.116. The average Bonchev–Trinajstić information content (AvgIpc) is 2.80. The summed E-state index contributed by atoms with van der Waals surface area (Å²) in [6, 6.07) is 15.0. The minimum Gasteiger partial charge on any atom is -0.496 e. The highest BCUT2D eigenvalue weighted by Gasteiger charge is 2.24. The molecule has 9 nitrogen and oxygen atoms in total. The van der Waals surface area contributed by atoms with E-state index in [1.807, 2.05) is 36.4 Å². The molecule has 0 atom stereocenters. The molecule has 3 N–H and O–H groups in total. The van der Waals surface area contributed by atoms with Crippen LogP contribution < -0.4 is 20.1 Å². The molecule has 0 saturated heterocycles. The Bertz CT molecular complexity index is 1520. The summed E-state index contributed by atoms with van der Waals surface area (Å²) in [6.07, 6.45) is 0.617. The molecule has 0 fully saturated rings. The number of ether oxygens (including phenoxy) is 2. The van der Waals surface area contributed by atoms with Crippen LogP contribution in [0.25, 0.3) is 21.9 Å². The number of alkyl carbamates (subject to hydrolysis) is 1. The minimum absolute atomic E-state index is 0.0747. The lowest BCUT2D eigenvalue weighted by Crippen LogP contribution is -2.34. The number of amides is 2. The predicted molar refractivity (Wildman–Crippen MR) is 161 cm³/mol. The van der Waals surface area contributed by atoms with E-state index in [4.69, 9.17) is 9.47 Å². The number of carbonyl (C=O) groups excluding carboxylic acids is 2. The second-order valence-corrected chi connectivity index (χ2v) is 13.5. The number of benzene rings is 3. The Balaban J connectivity index is 1.92. The molecule has 10 heteroatoms. The number of carbonyl (C=O) groups is 2. The van der Waals surface area contributed by atoms with Gasteiger partial charge >= 0.3 is 6.09 Å². The first-order valence-electron chi connectivity index (χ1n) is 13.0. The fourth-order valence-corrected chi connectivity index (χ4v) is 4.75. The van der Waals surface area contributed by atoms with Crippen molar-refractivity contribution in [3.05, 3.63) is 54.1 Å². The van der Waals surface area contributed by atoms with Crippen molar-refractivity contribution in [1.29, 1.82) is 0 Å². The summed E-state index contributed by atoms with van der Waals surface area (Å²) in [6.45, 7) is 11.7. The molecule has 3 aromatic rings. The van der Waals surface area contributed by atoms with Gasteiger partial charge in [0, 0.05) is 35.5 Å². The van der Waals surface area contributed by atoms with Crippen LogP contribution >= 0.6 is 0 Å². The van der Waals surface area contributed by atoms with Crippen LogP contribution in [0.5, 0.6) is 5.75 Å². The number of nitrogens with one attached hydrogen (secondary N) is 3. The molecule has 216 valence electrons. The van der Waals surface area contributed by atoms with E-state index in [2.05, 4.69) is 36.1 Å². The van der Waals surface area contributed by atoms with Gasteiger partial charge in [0.05, 0.1) is 13.4 Å². The normalized spacial score (nSPS) is 12.1. The predicted octanol–water partition coefficient (Wildman–Crippen LogP) is 6.04. The van der Waals surface area contributed by atoms with Gasteiger partial charge in [0.25, 0.3) is 0 Å². The summed E-state index contributed by atoms with van der Waals surface area (Å²) in [5.41, 5.74) is 2.79. The highest BCUT2D eigenvalue weighted by Crippen LogP contribution is 2.42. The fourth-order valence-electron chi connectivity index (χ4n) is 4.20. The molecule has 0 aliphatic heterocycles. The molecule has 0 saturated carbocycles. The van der Waals surface area contributed by atoms with Crippen molar-refractivity contribution in [2.75, 3.05) is 29.9 Å². The van der Waals surface area contributed by atoms with Crippen LogP contribution in [0.3, 0.4) is 0 Å². The van der Waals surface area contributed by atoms with Crippen LogP contribution in [0, 0.1) is 0 Å². The molecule has 0 aromatic heterocycles. The van der Waals surface area contributed by atoms with E-state index in [1.54, 1.807) is 40.0 Å². The maximum absolute atomic E-state index is 12.8. The van der Waals surface area contributed by atoms with E-state index in [0.717, 1.165) is 33.7 Å². The molecule has 0 unspecified atom stereocenters. The molecule has 3 rings (SSSR count). The number of rotatable bonds is 8. The van der Waals surface area contributed by atoms with Crippen LogP contribution in [0.15, 0.2) is 48.5 Å². The Morgan fingerprint density at radius 1 is 0.875 bits per heavy atom. The SMILES string of the molecule is COc1c(-c2ccc3cc(NS(C)(=O)=O)ccc3c2)cc(NC(=O)CCNC(=O)OC(C)(C)C)cc1C(C)(C)C. The summed E-state index contributed by atoms with van der Waals surface area (Å²) < 4.78 is 36.9. The number of hydrogen-bond donors (Lipinski definition) is 3. The van der Waals surface area contributed by atoms with Gasteiger partial charge in [0.2, 0.25) is 15.9 Å². The first-order chi connectivity index (χ1) is 18.4. The van der Waals surface area contributed by atoms with E-state index in [1.165, 1.54) is 0 Å².